The summed E-state index contributed by atoms with van der Waals surface area (Å²) < 4.78 is 1.22. The molecule has 0 radical (unpaired) electrons. The number of hydrogen-bond acceptors (Lipinski definition) is 6. The monoisotopic (exact) mass is 467 g/mol. The highest BCUT2D eigenvalue weighted by Crippen LogP contribution is 2.15. The molecule has 4 rings (SSSR count). The molecule has 1 aromatic carbocycles. The van der Waals surface area contributed by atoms with Crippen molar-refractivity contribution in [3.8, 4) is 0 Å². The highest BCUT2D eigenvalue weighted by atomic mass is 35.5. The number of carbonyl (C=O) groups excluding carboxylic acids is 2. The summed E-state index contributed by atoms with van der Waals surface area (Å²) in [4.78, 5) is 61.7. The molecule has 168 valence electrons. The quantitative estimate of drug-likeness (QED) is 0.339. The number of nitrogens with zero attached hydrogens (tertiary/aromatic N) is 3. The van der Waals surface area contributed by atoms with Crippen LogP contribution in [-0.2, 0) is 18.3 Å². The number of H-pyrrole nitrogens is 2. The summed E-state index contributed by atoms with van der Waals surface area (Å²) in [5.41, 5.74) is 0.0239. The second-order valence-electron chi connectivity index (χ2n) is 7.15. The van der Waals surface area contributed by atoms with Crippen LogP contribution in [-0.4, -0.2) is 36.3 Å². The Balaban J connectivity index is 1.39. The molecule has 0 saturated heterocycles. The molecule has 0 aliphatic heterocycles. The number of aryl methyl sites for hydroxylation is 2. The van der Waals surface area contributed by atoms with Gasteiger partial charge in [0.1, 0.15) is 17.2 Å². The van der Waals surface area contributed by atoms with E-state index in [2.05, 4.69) is 30.6 Å². The first kappa shape index (κ1) is 22.0. The number of halogens is 1. The molecule has 4 N–H and O–H groups in total. The Morgan fingerprint density at radius 1 is 1.12 bits per heavy atom. The SMILES string of the molecule is Cn1c(=O)[nH]c(=O)c2[nH]c(CCC(=O)Nc3cccc(C(=O)Nc4ccc(Cl)cn4)c3)nc21. The molecule has 0 spiro atoms. The first-order chi connectivity index (χ1) is 15.8. The van der Waals surface area contributed by atoms with Gasteiger partial charge >= 0.3 is 5.69 Å². The average Bonchev–Trinajstić information content (AvgIpc) is 3.23. The fourth-order valence-corrected chi connectivity index (χ4v) is 3.21. The summed E-state index contributed by atoms with van der Waals surface area (Å²) in [5, 5.41) is 5.83. The van der Waals surface area contributed by atoms with E-state index < -0.39 is 11.2 Å². The van der Waals surface area contributed by atoms with Crippen molar-refractivity contribution >= 4 is 46.1 Å². The molecule has 0 aliphatic carbocycles. The Morgan fingerprint density at radius 2 is 1.94 bits per heavy atom. The van der Waals surface area contributed by atoms with Crippen molar-refractivity contribution in [3.05, 3.63) is 79.8 Å². The van der Waals surface area contributed by atoms with E-state index >= 15 is 0 Å². The van der Waals surface area contributed by atoms with Gasteiger partial charge in [0.05, 0.1) is 5.02 Å². The van der Waals surface area contributed by atoms with Crippen LogP contribution in [0, 0.1) is 0 Å². The van der Waals surface area contributed by atoms with Crippen LogP contribution in [0.3, 0.4) is 0 Å². The summed E-state index contributed by atoms with van der Waals surface area (Å²) in [6.45, 7) is 0. The molecule has 11 nitrogen and oxygen atoms in total. The minimum atomic E-state index is -0.570. The molecular formula is C21H18ClN7O4. The molecule has 2 amide bonds. The number of aromatic nitrogens is 5. The van der Waals surface area contributed by atoms with Crippen molar-refractivity contribution in [3.63, 3.8) is 0 Å². The third-order valence-electron chi connectivity index (χ3n) is 4.77. The van der Waals surface area contributed by atoms with E-state index in [0.717, 1.165) is 0 Å². The van der Waals surface area contributed by atoms with E-state index in [1.54, 1.807) is 36.4 Å². The van der Waals surface area contributed by atoms with E-state index in [0.29, 0.717) is 27.9 Å². The van der Waals surface area contributed by atoms with Crippen LogP contribution in [0.1, 0.15) is 22.6 Å². The number of hydrogen-bond donors (Lipinski definition) is 4. The highest BCUT2D eigenvalue weighted by molar-refractivity contribution is 6.30. The largest absolute Gasteiger partial charge is 0.336 e. The fraction of sp³-hybridized carbons (Fsp3) is 0.143. The van der Waals surface area contributed by atoms with Crippen molar-refractivity contribution in [1.29, 1.82) is 0 Å². The number of benzene rings is 1. The maximum Gasteiger partial charge on any atom is 0.329 e. The van der Waals surface area contributed by atoms with Gasteiger partial charge < -0.3 is 15.6 Å². The zero-order valence-electron chi connectivity index (χ0n) is 17.3. The lowest BCUT2D eigenvalue weighted by Crippen LogP contribution is -2.28. The number of carbonyl (C=O) groups is 2. The molecule has 3 aromatic heterocycles. The van der Waals surface area contributed by atoms with Crippen LogP contribution >= 0.6 is 11.6 Å². The number of imidazole rings is 1. The van der Waals surface area contributed by atoms with Crippen LogP contribution in [0.25, 0.3) is 11.2 Å². The minimum Gasteiger partial charge on any atom is -0.336 e. The van der Waals surface area contributed by atoms with Crippen molar-refractivity contribution in [1.82, 2.24) is 24.5 Å². The number of fused-ring (bicyclic) bond motifs is 1. The number of pyridine rings is 1. The number of anilines is 2. The van der Waals surface area contributed by atoms with E-state index in [1.165, 1.54) is 17.8 Å². The summed E-state index contributed by atoms with van der Waals surface area (Å²) in [5.74, 6) is 0.0469. The van der Waals surface area contributed by atoms with Gasteiger partial charge in [0.2, 0.25) is 5.91 Å². The number of rotatable bonds is 6. The van der Waals surface area contributed by atoms with Gasteiger partial charge in [-0.25, -0.2) is 14.8 Å². The summed E-state index contributed by atoms with van der Waals surface area (Å²) in [6, 6.07) is 9.64. The number of aromatic amines is 2. The third-order valence-corrected chi connectivity index (χ3v) is 4.99. The third kappa shape index (κ3) is 4.99. The predicted octanol–water partition coefficient (Wildman–Crippen LogP) is 1.82. The zero-order chi connectivity index (χ0) is 23.5. The first-order valence-corrected chi connectivity index (χ1v) is 10.2. The highest BCUT2D eigenvalue weighted by Gasteiger charge is 2.13. The molecule has 3 heterocycles. The molecular weight excluding hydrogens is 450 g/mol. The van der Waals surface area contributed by atoms with Gasteiger partial charge in [0, 0.05) is 37.3 Å². The van der Waals surface area contributed by atoms with Crippen LogP contribution in [0.4, 0.5) is 11.5 Å². The second-order valence-corrected chi connectivity index (χ2v) is 7.58. The lowest BCUT2D eigenvalue weighted by molar-refractivity contribution is -0.116. The van der Waals surface area contributed by atoms with Gasteiger partial charge in [-0.3, -0.25) is 23.9 Å². The van der Waals surface area contributed by atoms with E-state index in [1.807, 2.05) is 0 Å². The van der Waals surface area contributed by atoms with Gasteiger partial charge in [-0.2, -0.15) is 0 Å². The topological polar surface area (TPSA) is 155 Å². The molecule has 0 fully saturated rings. The molecule has 0 saturated carbocycles. The van der Waals surface area contributed by atoms with Crippen molar-refractivity contribution in [2.24, 2.45) is 7.05 Å². The Kier molecular flexibility index (Phi) is 6.05. The standard InChI is InChI=1S/C21H18ClN7O4/c1-29-18-17(20(32)28-21(29)33)25-15(26-18)7-8-16(30)24-13-4-2-3-11(9-13)19(31)27-14-6-5-12(22)10-23-14/h2-6,9-10H,7-8H2,1H3,(H,24,30)(H,25,26)(H,23,27,31)(H,28,32,33). The van der Waals surface area contributed by atoms with Crippen LogP contribution in [0.5, 0.6) is 0 Å². The van der Waals surface area contributed by atoms with E-state index in [-0.39, 0.29) is 35.8 Å². The molecule has 4 aromatic rings. The summed E-state index contributed by atoms with van der Waals surface area (Å²) >= 11 is 5.79. The maximum absolute atomic E-state index is 12.5. The zero-order valence-corrected chi connectivity index (χ0v) is 18.1. The molecule has 12 heteroatoms. The molecule has 33 heavy (non-hydrogen) atoms. The van der Waals surface area contributed by atoms with Gasteiger partial charge in [0.15, 0.2) is 5.65 Å². The van der Waals surface area contributed by atoms with E-state index in [9.17, 15) is 19.2 Å². The molecule has 0 atom stereocenters. The first-order valence-electron chi connectivity index (χ1n) is 9.81. The lowest BCUT2D eigenvalue weighted by atomic mass is 10.2. The van der Waals surface area contributed by atoms with Gasteiger partial charge in [0.25, 0.3) is 11.5 Å². The van der Waals surface area contributed by atoms with E-state index in [4.69, 9.17) is 11.6 Å². The predicted molar refractivity (Wildman–Crippen MR) is 123 cm³/mol. The number of amides is 2. The van der Waals surface area contributed by atoms with Crippen molar-refractivity contribution in [2.45, 2.75) is 12.8 Å². The van der Waals surface area contributed by atoms with Crippen molar-refractivity contribution < 1.29 is 9.59 Å². The smallest absolute Gasteiger partial charge is 0.329 e. The van der Waals surface area contributed by atoms with Crippen LogP contribution in [0.15, 0.2) is 52.2 Å². The molecule has 0 unspecified atom stereocenters. The average molecular weight is 468 g/mol. The van der Waals surface area contributed by atoms with Crippen LogP contribution in [0.2, 0.25) is 5.02 Å². The summed E-state index contributed by atoms with van der Waals surface area (Å²) in [6.07, 6.45) is 1.71. The maximum atomic E-state index is 12.5. The lowest BCUT2D eigenvalue weighted by Gasteiger charge is -2.08. The Labute approximate surface area is 190 Å². The minimum absolute atomic E-state index is 0.0663. The van der Waals surface area contributed by atoms with Crippen LogP contribution < -0.4 is 21.9 Å². The van der Waals surface area contributed by atoms with Crippen molar-refractivity contribution in [2.75, 3.05) is 10.6 Å². The normalized spacial score (nSPS) is 10.8. The molecule has 0 bridgehead atoms. The number of nitrogens with one attached hydrogen (secondary N) is 4. The fourth-order valence-electron chi connectivity index (χ4n) is 3.10. The molecule has 0 aliphatic rings. The summed E-state index contributed by atoms with van der Waals surface area (Å²) in [7, 11) is 1.49. The Hall–Kier alpha value is -4.25. The second kappa shape index (κ2) is 9.09. The van der Waals surface area contributed by atoms with Gasteiger partial charge in [-0.15, -0.1) is 0 Å². The Bertz CT molecular complexity index is 1470. The van der Waals surface area contributed by atoms with Gasteiger partial charge in [-0.1, -0.05) is 17.7 Å². The Morgan fingerprint density at radius 3 is 2.70 bits per heavy atom. The van der Waals surface area contributed by atoms with Gasteiger partial charge in [-0.05, 0) is 30.3 Å².